The normalized spacial score (nSPS) is 15.5. The van der Waals surface area contributed by atoms with Gasteiger partial charge in [0.25, 0.3) is 0 Å². The third kappa shape index (κ3) is 5.79. The highest BCUT2D eigenvalue weighted by Gasteiger charge is 2.14. The second-order valence-corrected chi connectivity index (χ2v) is 6.00. The Morgan fingerprint density at radius 2 is 1.97 bits per heavy atom. The van der Waals surface area contributed by atoms with Gasteiger partial charge in [0.1, 0.15) is 11.6 Å². The van der Waals surface area contributed by atoms with Crippen molar-refractivity contribution < 1.29 is 18.3 Å². The van der Waals surface area contributed by atoms with E-state index in [4.69, 9.17) is 15.9 Å². The van der Waals surface area contributed by atoms with Gasteiger partial charge in [-0.2, -0.15) is 13.8 Å². The second-order valence-electron chi connectivity index (χ2n) is 6.00. The first-order valence-electron chi connectivity index (χ1n) is 8.82. The summed E-state index contributed by atoms with van der Waals surface area (Å²) in [6.45, 7) is -0.258. The summed E-state index contributed by atoms with van der Waals surface area (Å²) < 4.78 is 34.1. The number of amidine groups is 1. The number of rotatable bonds is 7. The van der Waals surface area contributed by atoms with Crippen LogP contribution in [0.4, 0.5) is 20.5 Å². The summed E-state index contributed by atoms with van der Waals surface area (Å²) in [7, 11) is 0. The van der Waals surface area contributed by atoms with E-state index in [9.17, 15) is 8.78 Å². The molecule has 10 heteroatoms. The zero-order chi connectivity index (χ0) is 20.6. The van der Waals surface area contributed by atoms with Gasteiger partial charge in [-0.15, -0.1) is 0 Å². The molecule has 152 valence electrons. The summed E-state index contributed by atoms with van der Waals surface area (Å²) in [4.78, 5) is 14.9. The number of hydrogen-bond acceptors (Lipinski definition) is 7. The van der Waals surface area contributed by atoms with Crippen LogP contribution in [-0.2, 0) is 4.74 Å². The highest BCUT2D eigenvalue weighted by Crippen LogP contribution is 2.20. The van der Waals surface area contributed by atoms with Crippen molar-refractivity contribution in [3.63, 3.8) is 0 Å². The predicted octanol–water partition coefficient (Wildman–Crippen LogP) is 2.64. The molecule has 1 aromatic heterocycles. The van der Waals surface area contributed by atoms with Crippen molar-refractivity contribution in [2.45, 2.75) is 6.61 Å². The van der Waals surface area contributed by atoms with Gasteiger partial charge in [0.15, 0.2) is 5.82 Å². The van der Waals surface area contributed by atoms with E-state index in [0.29, 0.717) is 49.2 Å². The maximum atomic E-state index is 12.3. The summed E-state index contributed by atoms with van der Waals surface area (Å²) in [5.74, 6) is 1.11. The lowest BCUT2D eigenvalue weighted by Crippen LogP contribution is -2.37. The molecule has 1 aromatic carbocycles. The molecule has 0 amide bonds. The number of nitrogens with two attached hydrogens (primary N) is 1. The van der Waals surface area contributed by atoms with Crippen LogP contribution in [0.1, 0.15) is 5.56 Å². The monoisotopic (exact) mass is 402 g/mol. The topological polar surface area (TPSA) is 110 Å². The number of morpholine rings is 1. The molecular weight excluding hydrogens is 382 g/mol. The van der Waals surface area contributed by atoms with Gasteiger partial charge < -0.3 is 25.5 Å². The quantitative estimate of drug-likeness (QED) is 0.544. The molecule has 1 fully saturated rings. The first-order valence-corrected chi connectivity index (χ1v) is 8.82. The number of aromatic nitrogens is 2. The second kappa shape index (κ2) is 9.69. The minimum Gasteiger partial charge on any atom is -0.435 e. The summed E-state index contributed by atoms with van der Waals surface area (Å²) in [5, 5.41) is 7.61. The van der Waals surface area contributed by atoms with Crippen molar-refractivity contribution in [1.82, 2.24) is 9.97 Å². The highest BCUT2D eigenvalue weighted by molar-refractivity contribution is 6.15. The van der Waals surface area contributed by atoms with E-state index in [0.717, 1.165) is 6.21 Å². The molecule has 0 spiro atoms. The van der Waals surface area contributed by atoms with E-state index in [1.807, 2.05) is 4.90 Å². The minimum atomic E-state index is -2.89. The number of aliphatic imine (C=N–C) groups is 1. The van der Waals surface area contributed by atoms with Gasteiger partial charge in [-0.3, -0.25) is 0 Å². The van der Waals surface area contributed by atoms with Crippen LogP contribution in [0.15, 0.2) is 47.6 Å². The van der Waals surface area contributed by atoms with Gasteiger partial charge in [-0.25, -0.2) is 9.98 Å². The number of allylic oxidation sites excluding steroid dienone is 1. The first-order chi connectivity index (χ1) is 14.0. The average molecular weight is 402 g/mol. The molecule has 0 radical (unpaired) electrons. The standard InChI is InChI=1S/C19H20F2N6O2/c20-18(21)29-15-3-1-13(2-4-15)14(12-22)11-16(23)25-17-5-6-24-19(26-17)27-7-9-28-10-8-27/h1-6,11-12,18,22H,7-10H2,(H2,23,24,25,26)/b14-11+,22-12?. The zero-order valence-electron chi connectivity index (χ0n) is 15.5. The van der Waals surface area contributed by atoms with E-state index in [-0.39, 0.29) is 11.6 Å². The van der Waals surface area contributed by atoms with E-state index >= 15 is 0 Å². The molecule has 1 aliphatic rings. The number of nitrogens with one attached hydrogen (secondary N) is 1. The molecule has 1 saturated heterocycles. The smallest absolute Gasteiger partial charge is 0.387 e. The summed E-state index contributed by atoms with van der Waals surface area (Å²) in [5.41, 5.74) is 7.06. The summed E-state index contributed by atoms with van der Waals surface area (Å²) in [6.07, 6.45) is 4.21. The maximum absolute atomic E-state index is 12.3. The first kappa shape index (κ1) is 20.3. The largest absolute Gasteiger partial charge is 0.435 e. The van der Waals surface area contributed by atoms with Crippen LogP contribution >= 0.6 is 0 Å². The van der Waals surface area contributed by atoms with Gasteiger partial charge in [-0.1, -0.05) is 12.1 Å². The van der Waals surface area contributed by atoms with Crippen LogP contribution in [0.2, 0.25) is 0 Å². The number of alkyl halides is 2. The Balaban J connectivity index is 1.77. The summed E-state index contributed by atoms with van der Waals surface area (Å²) >= 11 is 0. The van der Waals surface area contributed by atoms with E-state index in [2.05, 4.69) is 19.7 Å². The van der Waals surface area contributed by atoms with Crippen molar-refractivity contribution >= 4 is 29.4 Å². The SMILES string of the molecule is N=C/C(=C\C(N)=Nc1ccnc(N2CCOCC2)n1)c1ccc(OC(F)F)cc1. The number of hydrogen-bond donors (Lipinski definition) is 2. The highest BCUT2D eigenvalue weighted by atomic mass is 19.3. The van der Waals surface area contributed by atoms with Crippen molar-refractivity contribution in [2.24, 2.45) is 10.7 Å². The van der Waals surface area contributed by atoms with Gasteiger partial charge in [0.2, 0.25) is 5.95 Å². The molecule has 29 heavy (non-hydrogen) atoms. The van der Waals surface area contributed by atoms with Crippen molar-refractivity contribution in [3.8, 4) is 5.75 Å². The Morgan fingerprint density at radius 1 is 1.24 bits per heavy atom. The Hall–Kier alpha value is -3.40. The molecule has 0 unspecified atom stereocenters. The fourth-order valence-electron chi connectivity index (χ4n) is 2.68. The molecule has 2 heterocycles. The van der Waals surface area contributed by atoms with Gasteiger partial charge in [0.05, 0.1) is 13.2 Å². The van der Waals surface area contributed by atoms with Crippen LogP contribution in [0.3, 0.4) is 0 Å². The van der Waals surface area contributed by atoms with Crippen LogP contribution < -0.4 is 15.4 Å². The van der Waals surface area contributed by atoms with E-state index < -0.39 is 6.61 Å². The molecule has 3 rings (SSSR count). The zero-order valence-corrected chi connectivity index (χ0v) is 15.5. The predicted molar refractivity (Wildman–Crippen MR) is 106 cm³/mol. The molecule has 1 aliphatic heterocycles. The molecule has 8 nitrogen and oxygen atoms in total. The van der Waals surface area contributed by atoms with Crippen LogP contribution in [0.5, 0.6) is 5.75 Å². The molecule has 0 atom stereocenters. The van der Waals surface area contributed by atoms with Crippen molar-refractivity contribution in [3.05, 3.63) is 48.2 Å². The molecule has 3 N–H and O–H groups in total. The lowest BCUT2D eigenvalue weighted by molar-refractivity contribution is -0.0498. The number of halogens is 2. The Morgan fingerprint density at radius 3 is 2.62 bits per heavy atom. The molecule has 0 saturated carbocycles. The van der Waals surface area contributed by atoms with E-state index in [1.54, 1.807) is 24.4 Å². The average Bonchev–Trinajstić information content (AvgIpc) is 2.73. The maximum Gasteiger partial charge on any atom is 0.387 e. The molecule has 0 aliphatic carbocycles. The lowest BCUT2D eigenvalue weighted by Gasteiger charge is -2.26. The fourth-order valence-corrected chi connectivity index (χ4v) is 2.68. The van der Waals surface area contributed by atoms with Crippen LogP contribution in [-0.4, -0.2) is 54.9 Å². The van der Waals surface area contributed by atoms with Gasteiger partial charge in [0, 0.05) is 37.1 Å². The van der Waals surface area contributed by atoms with Gasteiger partial charge >= 0.3 is 6.61 Å². The van der Waals surface area contributed by atoms with E-state index in [1.165, 1.54) is 18.2 Å². The Kier molecular flexibility index (Phi) is 6.80. The summed E-state index contributed by atoms with van der Waals surface area (Å²) in [6, 6.07) is 7.54. The number of nitrogens with zero attached hydrogens (tertiary/aromatic N) is 4. The lowest BCUT2D eigenvalue weighted by atomic mass is 10.1. The molecule has 0 bridgehead atoms. The molecule has 2 aromatic rings. The van der Waals surface area contributed by atoms with Crippen molar-refractivity contribution in [1.29, 1.82) is 5.41 Å². The third-order valence-electron chi connectivity index (χ3n) is 4.04. The van der Waals surface area contributed by atoms with Crippen LogP contribution in [0.25, 0.3) is 5.57 Å². The number of anilines is 1. The van der Waals surface area contributed by atoms with Crippen LogP contribution in [0, 0.1) is 5.41 Å². The number of benzene rings is 1. The van der Waals surface area contributed by atoms with Crippen molar-refractivity contribution in [2.75, 3.05) is 31.2 Å². The van der Waals surface area contributed by atoms with Gasteiger partial charge in [-0.05, 0) is 23.8 Å². The Labute approximate surface area is 166 Å². The minimum absolute atomic E-state index is 0.0337. The third-order valence-corrected chi connectivity index (χ3v) is 4.04. The number of ether oxygens (including phenoxy) is 2. The molecular formula is C19H20F2N6O2. The Bertz CT molecular complexity index is 896. The fraction of sp³-hybridized carbons (Fsp3) is 0.263.